The SMILES string of the molecule is C[n+]1cc2ccccc2cc1Br. The summed E-state index contributed by atoms with van der Waals surface area (Å²) in [6.07, 6.45) is 2.11. The predicted molar refractivity (Wildman–Crippen MR) is 52.8 cm³/mol. The third-order valence-electron chi connectivity index (χ3n) is 1.94. The van der Waals surface area contributed by atoms with Crippen LogP contribution in [0.1, 0.15) is 0 Å². The Morgan fingerprint density at radius 3 is 2.58 bits per heavy atom. The van der Waals surface area contributed by atoms with E-state index >= 15 is 0 Å². The monoisotopic (exact) mass is 222 g/mol. The maximum absolute atomic E-state index is 3.48. The standard InChI is InChI=1S/C10H9BrN/c1-12-7-9-5-3-2-4-8(9)6-10(12)11/h2-7H,1H3/q+1. The van der Waals surface area contributed by atoms with E-state index in [9.17, 15) is 0 Å². The maximum Gasteiger partial charge on any atom is 0.248 e. The van der Waals surface area contributed by atoms with E-state index in [1.807, 2.05) is 7.05 Å². The van der Waals surface area contributed by atoms with Gasteiger partial charge in [0.2, 0.25) is 4.60 Å². The maximum atomic E-state index is 3.48. The number of pyridine rings is 1. The summed E-state index contributed by atoms with van der Waals surface area (Å²) >= 11 is 3.48. The highest BCUT2D eigenvalue weighted by atomic mass is 79.9. The number of nitrogens with zero attached hydrogens (tertiary/aromatic N) is 1. The second-order valence-electron chi connectivity index (χ2n) is 2.84. The molecule has 2 aromatic rings. The summed E-state index contributed by atoms with van der Waals surface area (Å²) in [5.74, 6) is 0. The fourth-order valence-electron chi connectivity index (χ4n) is 1.26. The van der Waals surface area contributed by atoms with Crippen molar-refractivity contribution in [3.8, 4) is 0 Å². The van der Waals surface area contributed by atoms with Gasteiger partial charge in [-0.15, -0.1) is 0 Å². The van der Waals surface area contributed by atoms with Gasteiger partial charge in [0.05, 0.1) is 0 Å². The highest BCUT2D eigenvalue weighted by molar-refractivity contribution is 9.10. The van der Waals surface area contributed by atoms with Crippen molar-refractivity contribution in [1.29, 1.82) is 0 Å². The van der Waals surface area contributed by atoms with Crippen molar-refractivity contribution >= 4 is 26.7 Å². The number of aryl methyl sites for hydroxylation is 1. The van der Waals surface area contributed by atoms with Gasteiger partial charge in [-0.05, 0) is 11.5 Å². The first kappa shape index (κ1) is 7.74. The summed E-state index contributed by atoms with van der Waals surface area (Å²) < 4.78 is 3.16. The Labute approximate surface area is 79.8 Å². The molecule has 1 nitrogen and oxygen atoms in total. The summed E-state index contributed by atoms with van der Waals surface area (Å²) in [5.41, 5.74) is 0. The van der Waals surface area contributed by atoms with Crippen molar-refractivity contribution < 1.29 is 4.57 Å². The highest BCUT2D eigenvalue weighted by Gasteiger charge is 2.03. The van der Waals surface area contributed by atoms with E-state index in [4.69, 9.17) is 0 Å². The van der Waals surface area contributed by atoms with Gasteiger partial charge in [-0.2, -0.15) is 4.57 Å². The van der Waals surface area contributed by atoms with Crippen LogP contribution in [0.2, 0.25) is 0 Å². The fraction of sp³-hybridized carbons (Fsp3) is 0.100. The van der Waals surface area contributed by atoms with Gasteiger partial charge in [0.1, 0.15) is 7.05 Å². The molecule has 0 amide bonds. The average Bonchev–Trinajstić information content (AvgIpc) is 2.07. The molecule has 1 aromatic heterocycles. The van der Waals surface area contributed by atoms with Crippen LogP contribution in [0.5, 0.6) is 0 Å². The molecule has 60 valence electrons. The zero-order valence-corrected chi connectivity index (χ0v) is 8.38. The summed E-state index contributed by atoms with van der Waals surface area (Å²) in [7, 11) is 2.02. The van der Waals surface area contributed by atoms with Gasteiger partial charge in [0.25, 0.3) is 0 Å². The van der Waals surface area contributed by atoms with Crippen LogP contribution in [0.3, 0.4) is 0 Å². The summed E-state index contributed by atoms with van der Waals surface area (Å²) in [6.45, 7) is 0. The predicted octanol–water partition coefficient (Wildman–Crippen LogP) is 2.43. The van der Waals surface area contributed by atoms with Gasteiger partial charge in [0.15, 0.2) is 6.20 Å². The van der Waals surface area contributed by atoms with Crippen LogP contribution in [0.15, 0.2) is 41.1 Å². The molecule has 0 bridgehead atoms. The Kier molecular flexibility index (Phi) is 1.85. The summed E-state index contributed by atoms with van der Waals surface area (Å²) in [4.78, 5) is 0. The molecule has 0 atom stereocenters. The summed E-state index contributed by atoms with van der Waals surface area (Å²) in [5, 5.41) is 2.53. The van der Waals surface area contributed by atoms with Crippen LogP contribution in [-0.2, 0) is 7.05 Å². The minimum Gasteiger partial charge on any atom is -0.195 e. The molecule has 12 heavy (non-hydrogen) atoms. The number of aromatic nitrogens is 1. The van der Waals surface area contributed by atoms with Crippen molar-refractivity contribution in [3.05, 3.63) is 41.1 Å². The van der Waals surface area contributed by atoms with Crippen molar-refractivity contribution in [1.82, 2.24) is 0 Å². The number of hydrogen-bond acceptors (Lipinski definition) is 0. The number of hydrogen-bond donors (Lipinski definition) is 0. The van der Waals surface area contributed by atoms with Crippen LogP contribution in [0, 0.1) is 0 Å². The quantitative estimate of drug-likeness (QED) is 0.477. The van der Waals surface area contributed by atoms with Crippen LogP contribution in [-0.4, -0.2) is 0 Å². The van der Waals surface area contributed by atoms with Crippen molar-refractivity contribution in [3.63, 3.8) is 0 Å². The fourth-order valence-corrected chi connectivity index (χ4v) is 1.61. The Morgan fingerprint density at radius 2 is 1.83 bits per heavy atom. The molecule has 0 saturated carbocycles. The molecular formula is C10H9BrN+. The normalized spacial score (nSPS) is 10.5. The first-order chi connectivity index (χ1) is 5.77. The second-order valence-corrected chi connectivity index (χ2v) is 3.65. The van der Waals surface area contributed by atoms with Crippen LogP contribution >= 0.6 is 15.9 Å². The van der Waals surface area contributed by atoms with E-state index in [2.05, 4.69) is 57.0 Å². The Bertz CT molecular complexity index is 383. The summed E-state index contributed by atoms with van der Waals surface area (Å²) in [6, 6.07) is 10.4. The molecule has 0 saturated heterocycles. The molecule has 0 unspecified atom stereocenters. The molecule has 0 aliphatic rings. The number of fused-ring (bicyclic) bond motifs is 1. The van der Waals surface area contributed by atoms with Crippen LogP contribution in [0.4, 0.5) is 0 Å². The van der Waals surface area contributed by atoms with E-state index in [0.717, 1.165) is 4.60 Å². The molecule has 0 fully saturated rings. The molecule has 0 N–H and O–H groups in total. The lowest BCUT2D eigenvalue weighted by molar-refractivity contribution is -0.681. The number of rotatable bonds is 0. The molecule has 0 aliphatic heterocycles. The topological polar surface area (TPSA) is 3.88 Å². The Morgan fingerprint density at radius 1 is 1.17 bits per heavy atom. The van der Waals surface area contributed by atoms with Crippen molar-refractivity contribution in [2.45, 2.75) is 0 Å². The molecular weight excluding hydrogens is 214 g/mol. The first-order valence-corrected chi connectivity index (χ1v) is 4.60. The zero-order chi connectivity index (χ0) is 8.55. The van der Waals surface area contributed by atoms with Crippen LogP contribution in [0.25, 0.3) is 10.8 Å². The van der Waals surface area contributed by atoms with Crippen molar-refractivity contribution in [2.75, 3.05) is 0 Å². The van der Waals surface area contributed by atoms with Gasteiger partial charge < -0.3 is 0 Å². The molecule has 2 rings (SSSR count). The van der Waals surface area contributed by atoms with Gasteiger partial charge in [0, 0.05) is 27.4 Å². The van der Waals surface area contributed by atoms with Gasteiger partial charge in [-0.1, -0.05) is 18.2 Å². The molecule has 1 heterocycles. The van der Waals surface area contributed by atoms with Crippen LogP contribution < -0.4 is 4.57 Å². The lowest BCUT2D eigenvalue weighted by atomic mass is 10.2. The van der Waals surface area contributed by atoms with E-state index in [0.29, 0.717) is 0 Å². The Balaban J connectivity index is 2.84. The smallest absolute Gasteiger partial charge is 0.195 e. The highest BCUT2D eigenvalue weighted by Crippen LogP contribution is 2.14. The van der Waals surface area contributed by atoms with E-state index in [-0.39, 0.29) is 0 Å². The molecule has 0 radical (unpaired) electrons. The first-order valence-electron chi connectivity index (χ1n) is 3.81. The lowest BCUT2D eigenvalue weighted by Gasteiger charge is -1.95. The number of halogens is 1. The zero-order valence-electron chi connectivity index (χ0n) is 6.79. The third kappa shape index (κ3) is 1.23. The molecule has 0 aliphatic carbocycles. The van der Waals surface area contributed by atoms with Gasteiger partial charge in [-0.25, -0.2) is 0 Å². The second kappa shape index (κ2) is 2.87. The van der Waals surface area contributed by atoms with E-state index in [1.54, 1.807) is 0 Å². The largest absolute Gasteiger partial charge is 0.248 e. The van der Waals surface area contributed by atoms with Crippen molar-refractivity contribution in [2.24, 2.45) is 7.05 Å². The van der Waals surface area contributed by atoms with Gasteiger partial charge >= 0.3 is 0 Å². The van der Waals surface area contributed by atoms with E-state index in [1.165, 1.54) is 10.8 Å². The minimum absolute atomic E-state index is 1.10. The minimum atomic E-state index is 1.10. The molecule has 2 heteroatoms. The molecule has 0 spiro atoms. The lowest BCUT2D eigenvalue weighted by Crippen LogP contribution is -2.28. The average molecular weight is 223 g/mol. The van der Waals surface area contributed by atoms with E-state index < -0.39 is 0 Å². The third-order valence-corrected chi connectivity index (χ3v) is 2.73. The number of benzene rings is 1. The Hall–Kier alpha value is -0.890. The molecule has 1 aromatic carbocycles. The van der Waals surface area contributed by atoms with Gasteiger partial charge in [-0.3, -0.25) is 0 Å².